The van der Waals surface area contributed by atoms with Gasteiger partial charge in [0, 0.05) is 40.3 Å². The van der Waals surface area contributed by atoms with Crippen molar-refractivity contribution < 1.29 is 89.2 Å². The van der Waals surface area contributed by atoms with Crippen LogP contribution in [0.15, 0.2) is 78.9 Å². The van der Waals surface area contributed by atoms with E-state index in [1.165, 1.54) is 45.9 Å². The maximum atomic E-state index is 15.9. The molecule has 0 aliphatic heterocycles. The Morgan fingerprint density at radius 2 is 1.54 bits per heavy atom. The van der Waals surface area contributed by atoms with Gasteiger partial charge < -0.3 is 9.84 Å². The van der Waals surface area contributed by atoms with Crippen molar-refractivity contribution in [2.45, 2.75) is 88.6 Å². The summed E-state index contributed by atoms with van der Waals surface area (Å²) >= 11 is 6.77. The Morgan fingerprint density at radius 1 is 0.902 bits per heavy atom. The van der Waals surface area contributed by atoms with E-state index in [0.717, 1.165) is 60.9 Å². The van der Waals surface area contributed by atoms with Gasteiger partial charge in [-0.15, -0.1) is 0 Å². The van der Waals surface area contributed by atoms with Crippen LogP contribution in [-0.2, 0) is 72.0 Å². The second-order valence-corrected chi connectivity index (χ2v) is 26.6. The molecule has 82 heavy (non-hydrogen) atoms. The van der Waals surface area contributed by atoms with Crippen LogP contribution in [0.2, 0.25) is 5.02 Å². The summed E-state index contributed by atoms with van der Waals surface area (Å²) in [6.07, 6.45) is -8.32. The quantitative estimate of drug-likeness (QED) is 0.0355. The van der Waals surface area contributed by atoms with Crippen LogP contribution in [0.4, 0.5) is 49.7 Å². The highest BCUT2D eigenvalue weighted by molar-refractivity contribution is 7.93. The second-order valence-electron chi connectivity index (χ2n) is 20.6. The van der Waals surface area contributed by atoms with Gasteiger partial charge in [0.15, 0.2) is 21.3 Å². The third kappa shape index (κ3) is 12.4. The minimum absolute atomic E-state index is 0.0391. The topological polar surface area (TPSA) is 233 Å². The Labute approximate surface area is 465 Å². The predicted octanol–water partition coefficient (Wildman–Crippen LogP) is 9.49. The molecule has 3 aromatic heterocycles. The number of sulfonamides is 1. The van der Waals surface area contributed by atoms with E-state index in [4.69, 9.17) is 16.1 Å². The number of allylic oxidation sites excluding steroid dienone is 2. The Morgan fingerprint density at radius 3 is 2.11 bits per heavy atom. The van der Waals surface area contributed by atoms with Gasteiger partial charge in [-0.05, 0) is 80.1 Å². The van der Waals surface area contributed by atoms with Gasteiger partial charge in [-0.2, -0.15) is 49.6 Å². The SMILES string of the molecule is CC(C)(Cc1ccccc1OP(=O)(O)O)C(=O)N(c1nn(CC(F)(F)F)c2c(-c3ccc(C#CC(C)(C)S(C)(=O)=O)nc3[C@H](Cc3cc(F)cc(F)c3)NC(=O)Cn3nc(C(F)(F)F)c4c3C(F)(F)[C@@H]3C=C[C@H]43)ccc(Cl)c12)S(C)(=O)=O. The Hall–Kier alpha value is -6.83. The molecule has 8 rings (SSSR count). The van der Waals surface area contributed by atoms with Gasteiger partial charge in [0.2, 0.25) is 21.8 Å². The fourth-order valence-electron chi connectivity index (χ4n) is 9.48. The number of hydrogen-bond donors (Lipinski definition) is 3. The predicted molar refractivity (Wildman–Crippen MR) is 276 cm³/mol. The molecule has 0 unspecified atom stereocenters. The largest absolute Gasteiger partial charge is 0.524 e. The number of alkyl halides is 8. The Kier molecular flexibility index (Phi) is 15.8. The number of fused-ring (bicyclic) bond motifs is 4. The van der Waals surface area contributed by atoms with Gasteiger partial charge in [0.1, 0.15) is 46.6 Å². The van der Waals surface area contributed by atoms with Gasteiger partial charge in [0.05, 0.1) is 39.8 Å². The number of amides is 2. The summed E-state index contributed by atoms with van der Waals surface area (Å²) in [6, 6.07) is 9.69. The molecule has 0 fully saturated rings. The molecule has 3 N–H and O–H groups in total. The number of hydrogen-bond acceptors (Lipinski definition) is 11. The third-order valence-electron chi connectivity index (χ3n) is 13.5. The second kappa shape index (κ2) is 21.1. The summed E-state index contributed by atoms with van der Waals surface area (Å²) in [6.45, 7) is 1.42. The van der Waals surface area contributed by atoms with Crippen LogP contribution in [0.25, 0.3) is 22.0 Å². The van der Waals surface area contributed by atoms with Crippen molar-refractivity contribution in [3.8, 4) is 28.7 Å². The van der Waals surface area contributed by atoms with Crippen molar-refractivity contribution in [3.63, 3.8) is 0 Å². The van der Waals surface area contributed by atoms with E-state index in [9.17, 15) is 75.9 Å². The van der Waals surface area contributed by atoms with Crippen LogP contribution in [0.5, 0.6) is 5.75 Å². The zero-order valence-corrected chi connectivity index (χ0v) is 46.6. The summed E-state index contributed by atoms with van der Waals surface area (Å²) in [5, 5.41) is 8.65. The van der Waals surface area contributed by atoms with E-state index in [2.05, 4.69) is 32.3 Å². The van der Waals surface area contributed by atoms with Crippen molar-refractivity contribution in [1.82, 2.24) is 29.9 Å². The lowest BCUT2D eigenvalue weighted by molar-refractivity contribution is -0.143. The zero-order chi connectivity index (χ0) is 60.8. The maximum absolute atomic E-state index is 15.9. The molecule has 3 atom stereocenters. The van der Waals surface area contributed by atoms with Crippen LogP contribution in [-0.4, -0.2) is 86.4 Å². The molecule has 0 spiro atoms. The molecule has 3 heterocycles. The zero-order valence-electron chi connectivity index (χ0n) is 43.3. The number of halogens is 11. The molecule has 3 aromatic carbocycles. The van der Waals surface area contributed by atoms with Gasteiger partial charge >= 0.3 is 20.2 Å². The molecule has 2 amide bonds. The van der Waals surface area contributed by atoms with Gasteiger partial charge in [-0.1, -0.05) is 67.8 Å². The molecule has 17 nitrogen and oxygen atoms in total. The lowest BCUT2D eigenvalue weighted by Crippen LogP contribution is -2.45. The summed E-state index contributed by atoms with van der Waals surface area (Å²) in [5.41, 5.74) is -8.44. The molecule has 0 saturated carbocycles. The Balaban J connectivity index is 1.36. The van der Waals surface area contributed by atoms with Crippen molar-refractivity contribution in [3.05, 3.63) is 135 Å². The molecular formula is C51H45ClF10N7O10PS2. The highest BCUT2D eigenvalue weighted by Gasteiger charge is 2.61. The standard InChI is InChI=1S/C51H45ClF10N7O10PS2/c1-47(2,23-27-9-7-8-10-37(27)79-80(72,73)74)46(71)69(82(6,77)78)45-40-35(52)16-14-32(42(40)68(66-45)25-49(55,56)57)31-12-11-30(17-18-48(3,4)81(5,75)76)63-41(31)36(21-26-19-28(53)22-29(54)20-26)64-38(70)24-67-44-39(43(65-67)51(60,61)62)33-13-15-34(33)50(44,58)59/h7-16,19-20,22,33-34,36H,21,23-25H2,1-6H3,(H,64,70)(H2,72,73,74)/t33-,34+,36-/m0/s1. The van der Waals surface area contributed by atoms with E-state index in [0.29, 0.717) is 12.3 Å². The van der Waals surface area contributed by atoms with Crippen molar-refractivity contribution >= 4 is 67.8 Å². The molecule has 31 heteroatoms. The van der Waals surface area contributed by atoms with Crippen LogP contribution in [0.3, 0.4) is 0 Å². The Bertz CT molecular complexity index is 3980. The maximum Gasteiger partial charge on any atom is 0.524 e. The molecule has 0 bridgehead atoms. The van der Waals surface area contributed by atoms with Crippen molar-refractivity contribution in [2.24, 2.45) is 11.3 Å². The van der Waals surface area contributed by atoms with Crippen molar-refractivity contribution in [2.75, 3.05) is 16.8 Å². The average molecular weight is 1240 g/mol. The summed E-state index contributed by atoms with van der Waals surface area (Å²) < 4.78 is 218. The minimum atomic E-state index is -5.29. The van der Waals surface area contributed by atoms with E-state index in [1.807, 2.05) is 0 Å². The summed E-state index contributed by atoms with van der Waals surface area (Å²) in [4.78, 5) is 52.9. The first-order valence-corrected chi connectivity index (χ1v) is 29.6. The summed E-state index contributed by atoms with van der Waals surface area (Å²) in [7, 11) is -14.2. The number of benzene rings is 3. The highest BCUT2D eigenvalue weighted by atomic mass is 35.5. The van der Waals surface area contributed by atoms with E-state index in [-0.39, 0.29) is 36.1 Å². The number of anilines is 1. The van der Waals surface area contributed by atoms with Crippen LogP contribution >= 0.6 is 19.4 Å². The third-order valence-corrected chi connectivity index (χ3v) is 17.2. The number of pyridine rings is 1. The first kappa shape index (κ1) is 61.2. The number of carbonyl (C=O) groups is 2. The lowest BCUT2D eigenvalue weighted by Gasteiger charge is -2.30. The van der Waals surface area contributed by atoms with Gasteiger partial charge in [-0.25, -0.2) is 35.2 Å². The van der Waals surface area contributed by atoms with E-state index < -0.39 is 179 Å². The lowest BCUT2D eigenvalue weighted by atomic mass is 9.81. The number of nitrogens with zero attached hydrogens (tertiary/aromatic N) is 6. The molecule has 438 valence electrons. The summed E-state index contributed by atoms with van der Waals surface area (Å²) in [5.74, 6) is -8.58. The molecule has 0 radical (unpaired) electrons. The molecular weight excluding hydrogens is 1190 g/mol. The van der Waals surface area contributed by atoms with Gasteiger partial charge in [-0.3, -0.25) is 28.7 Å². The number of para-hydroxylation sites is 1. The highest BCUT2D eigenvalue weighted by Crippen LogP contribution is 2.60. The van der Waals surface area contributed by atoms with Crippen LogP contribution < -0.4 is 14.1 Å². The fourth-order valence-corrected chi connectivity index (χ4v) is 11.4. The first-order chi connectivity index (χ1) is 37.6. The minimum Gasteiger partial charge on any atom is -0.404 e. The number of rotatable bonds is 16. The number of sulfone groups is 1. The number of carbonyl (C=O) groups excluding carboxylic acids is 2. The van der Waals surface area contributed by atoms with E-state index in [1.54, 1.807) is 0 Å². The normalized spacial score (nSPS) is 16.7. The van der Waals surface area contributed by atoms with Crippen LogP contribution in [0, 0.1) is 34.8 Å². The van der Waals surface area contributed by atoms with Crippen molar-refractivity contribution in [1.29, 1.82) is 0 Å². The number of phosphoric acid groups is 1. The van der Waals surface area contributed by atoms with Gasteiger partial charge in [0.25, 0.3) is 5.92 Å². The van der Waals surface area contributed by atoms with Crippen LogP contribution in [0.1, 0.15) is 79.1 Å². The smallest absolute Gasteiger partial charge is 0.404 e. The number of phosphoric ester groups is 1. The first-order valence-electron chi connectivity index (χ1n) is 23.9. The monoisotopic (exact) mass is 1240 g/mol. The molecule has 0 saturated heterocycles. The molecule has 2 aliphatic rings. The number of aromatic nitrogens is 5. The molecule has 2 aliphatic carbocycles. The average Bonchev–Trinajstić information content (AvgIpc) is 2.53. The fraction of sp³-hybridized carbons (Fsp3) is 0.353. The van der Waals surface area contributed by atoms with E-state index >= 15 is 8.78 Å². The molecule has 6 aromatic rings. The number of nitrogens with one attached hydrogen (secondary N) is 1.